The zero-order chi connectivity index (χ0) is 25.4. The van der Waals surface area contributed by atoms with Gasteiger partial charge in [0.2, 0.25) is 11.8 Å². The first kappa shape index (κ1) is 27.2. The van der Waals surface area contributed by atoms with Crippen LogP contribution in [-0.4, -0.2) is 77.9 Å². The van der Waals surface area contributed by atoms with Crippen LogP contribution in [0.3, 0.4) is 0 Å². The summed E-state index contributed by atoms with van der Waals surface area (Å²) in [5.74, 6) is -0.118. The molecule has 2 aliphatic rings. The van der Waals surface area contributed by atoms with E-state index >= 15 is 0 Å². The van der Waals surface area contributed by atoms with Crippen LogP contribution in [0.1, 0.15) is 86.1 Å². The standard InChI is InChI=1S/C27H44N4O4/c1-5-35-27(34)25-20(3)23(21(4)29-25)10-11-24(32)31-17-12-22(13-18-31)26(33)28-14-8-16-30-15-7-6-9-19(30)2/h19,22,29H,5-18H2,1-4H3,(H,28,33). The number of amides is 2. The fraction of sp³-hybridized carbons (Fsp3) is 0.741. The first-order chi connectivity index (χ1) is 16.8. The topological polar surface area (TPSA) is 94.7 Å². The van der Waals surface area contributed by atoms with Crippen molar-refractivity contribution in [3.63, 3.8) is 0 Å². The lowest BCUT2D eigenvalue weighted by Crippen LogP contribution is -2.44. The molecule has 2 aliphatic heterocycles. The SMILES string of the molecule is CCOC(=O)c1[nH]c(C)c(CCC(=O)N2CCC(C(=O)NCCCN3CCCCC3C)CC2)c1C. The highest BCUT2D eigenvalue weighted by atomic mass is 16.5. The molecule has 2 amide bonds. The normalized spacial score (nSPS) is 19.5. The summed E-state index contributed by atoms with van der Waals surface area (Å²) >= 11 is 0. The number of nitrogens with one attached hydrogen (secondary N) is 2. The maximum absolute atomic E-state index is 12.8. The Morgan fingerprint density at radius 3 is 2.51 bits per heavy atom. The summed E-state index contributed by atoms with van der Waals surface area (Å²) in [5.41, 5.74) is 3.25. The summed E-state index contributed by atoms with van der Waals surface area (Å²) in [6.07, 6.45) is 7.30. The Kier molecular flexibility index (Phi) is 10.2. The number of carbonyl (C=O) groups excluding carboxylic acids is 3. The Balaban J connectivity index is 1.37. The van der Waals surface area contributed by atoms with Crippen LogP contribution in [0.5, 0.6) is 0 Å². The third kappa shape index (κ3) is 7.32. The average Bonchev–Trinajstić information content (AvgIpc) is 3.14. The van der Waals surface area contributed by atoms with Crippen molar-refractivity contribution < 1.29 is 19.1 Å². The number of rotatable bonds is 10. The number of hydrogen-bond acceptors (Lipinski definition) is 5. The lowest BCUT2D eigenvalue weighted by Gasteiger charge is -2.33. The molecule has 8 nitrogen and oxygen atoms in total. The maximum Gasteiger partial charge on any atom is 0.355 e. The van der Waals surface area contributed by atoms with E-state index in [1.54, 1.807) is 6.92 Å². The predicted octanol–water partition coefficient (Wildman–Crippen LogP) is 3.36. The number of piperidine rings is 2. The first-order valence-electron chi connectivity index (χ1n) is 13.5. The van der Waals surface area contributed by atoms with Gasteiger partial charge in [-0.25, -0.2) is 4.79 Å². The maximum atomic E-state index is 12.8. The van der Waals surface area contributed by atoms with Gasteiger partial charge in [0.05, 0.1) is 6.61 Å². The van der Waals surface area contributed by atoms with Crippen molar-refractivity contribution in [2.24, 2.45) is 5.92 Å². The van der Waals surface area contributed by atoms with Gasteiger partial charge in [0.25, 0.3) is 0 Å². The number of aromatic amines is 1. The third-order valence-corrected chi connectivity index (χ3v) is 7.74. The van der Waals surface area contributed by atoms with Gasteiger partial charge in [-0.05, 0) is 83.9 Å². The summed E-state index contributed by atoms with van der Waals surface area (Å²) < 4.78 is 5.11. The van der Waals surface area contributed by atoms with Gasteiger partial charge in [0.1, 0.15) is 5.69 Å². The lowest BCUT2D eigenvalue weighted by atomic mass is 9.95. The highest BCUT2D eigenvalue weighted by Crippen LogP contribution is 2.23. The van der Waals surface area contributed by atoms with Crippen molar-refractivity contribution in [1.29, 1.82) is 0 Å². The first-order valence-corrected chi connectivity index (χ1v) is 13.5. The number of esters is 1. The third-order valence-electron chi connectivity index (χ3n) is 7.74. The lowest BCUT2D eigenvalue weighted by molar-refractivity contribution is -0.135. The van der Waals surface area contributed by atoms with E-state index in [9.17, 15) is 14.4 Å². The highest BCUT2D eigenvalue weighted by Gasteiger charge is 2.27. The number of aryl methyl sites for hydroxylation is 1. The van der Waals surface area contributed by atoms with Crippen LogP contribution >= 0.6 is 0 Å². The van der Waals surface area contributed by atoms with Gasteiger partial charge in [0, 0.05) is 50.3 Å². The molecule has 0 aromatic carbocycles. The van der Waals surface area contributed by atoms with Crippen LogP contribution in [0.4, 0.5) is 0 Å². The second-order valence-electron chi connectivity index (χ2n) is 10.1. The van der Waals surface area contributed by atoms with Gasteiger partial charge >= 0.3 is 5.97 Å². The average molecular weight is 489 g/mol. The van der Waals surface area contributed by atoms with Crippen molar-refractivity contribution in [1.82, 2.24) is 20.1 Å². The Bertz CT molecular complexity index is 873. The zero-order valence-corrected chi connectivity index (χ0v) is 22.1. The summed E-state index contributed by atoms with van der Waals surface area (Å²) in [4.78, 5) is 45.1. The molecule has 1 unspecified atom stereocenters. The molecule has 0 saturated carbocycles. The minimum atomic E-state index is -0.355. The van der Waals surface area contributed by atoms with Crippen LogP contribution in [-0.2, 0) is 20.7 Å². The van der Waals surface area contributed by atoms with Crippen LogP contribution in [0.25, 0.3) is 0 Å². The van der Waals surface area contributed by atoms with Crippen LogP contribution < -0.4 is 5.32 Å². The van der Waals surface area contributed by atoms with E-state index in [1.807, 2.05) is 18.7 Å². The number of likely N-dealkylation sites (tertiary alicyclic amines) is 2. The highest BCUT2D eigenvalue weighted by molar-refractivity contribution is 5.90. The second kappa shape index (κ2) is 13.1. The Hall–Kier alpha value is -2.35. The molecule has 3 rings (SSSR count). The van der Waals surface area contributed by atoms with E-state index < -0.39 is 0 Å². The molecule has 2 N–H and O–H groups in total. The number of H-pyrrole nitrogens is 1. The number of ether oxygens (including phenoxy) is 1. The molecule has 8 heteroatoms. The zero-order valence-electron chi connectivity index (χ0n) is 22.1. The largest absolute Gasteiger partial charge is 0.461 e. The number of hydrogen-bond donors (Lipinski definition) is 2. The van der Waals surface area contributed by atoms with E-state index in [2.05, 4.69) is 22.1 Å². The van der Waals surface area contributed by atoms with E-state index in [4.69, 9.17) is 4.74 Å². The van der Waals surface area contributed by atoms with Gasteiger partial charge in [0.15, 0.2) is 0 Å². The molecule has 3 heterocycles. The smallest absolute Gasteiger partial charge is 0.355 e. The van der Waals surface area contributed by atoms with Gasteiger partial charge < -0.3 is 24.8 Å². The summed E-state index contributed by atoms with van der Waals surface area (Å²) in [6, 6.07) is 0.658. The molecular weight excluding hydrogens is 444 g/mol. The summed E-state index contributed by atoms with van der Waals surface area (Å²) in [7, 11) is 0. The van der Waals surface area contributed by atoms with Gasteiger partial charge in [-0.15, -0.1) is 0 Å². The Morgan fingerprint density at radius 1 is 1.09 bits per heavy atom. The second-order valence-corrected chi connectivity index (χ2v) is 10.1. The fourth-order valence-electron chi connectivity index (χ4n) is 5.48. The van der Waals surface area contributed by atoms with Crippen LogP contribution in [0, 0.1) is 19.8 Å². The molecule has 35 heavy (non-hydrogen) atoms. The van der Waals surface area contributed by atoms with Crippen molar-refractivity contribution >= 4 is 17.8 Å². The molecule has 0 aliphatic carbocycles. The summed E-state index contributed by atoms with van der Waals surface area (Å²) in [5, 5.41) is 3.12. The monoisotopic (exact) mass is 488 g/mol. The molecule has 196 valence electrons. The van der Waals surface area contributed by atoms with Crippen molar-refractivity contribution in [2.45, 2.75) is 85.1 Å². The Morgan fingerprint density at radius 2 is 1.83 bits per heavy atom. The van der Waals surface area contributed by atoms with Gasteiger partial charge in [-0.2, -0.15) is 0 Å². The number of nitrogens with zero attached hydrogens (tertiary/aromatic N) is 2. The van der Waals surface area contributed by atoms with Gasteiger partial charge in [-0.3, -0.25) is 9.59 Å². The number of carbonyl (C=O) groups is 3. The fourth-order valence-corrected chi connectivity index (χ4v) is 5.48. The molecule has 1 aromatic heterocycles. The molecule has 1 atom stereocenters. The van der Waals surface area contributed by atoms with E-state index in [-0.39, 0.29) is 23.7 Å². The number of aromatic nitrogens is 1. The van der Waals surface area contributed by atoms with Crippen molar-refractivity contribution in [3.8, 4) is 0 Å². The molecule has 2 fully saturated rings. The van der Waals surface area contributed by atoms with Gasteiger partial charge in [-0.1, -0.05) is 6.42 Å². The minimum absolute atomic E-state index is 0.00532. The Labute approximate surface area is 210 Å². The molecule has 1 aromatic rings. The molecule has 2 saturated heterocycles. The van der Waals surface area contributed by atoms with E-state index in [1.165, 1.54) is 25.8 Å². The molecule has 0 bridgehead atoms. The predicted molar refractivity (Wildman–Crippen MR) is 136 cm³/mol. The summed E-state index contributed by atoms with van der Waals surface area (Å²) in [6.45, 7) is 12.4. The molecular formula is C27H44N4O4. The van der Waals surface area contributed by atoms with E-state index in [0.717, 1.165) is 49.2 Å². The van der Waals surface area contributed by atoms with E-state index in [0.29, 0.717) is 44.3 Å². The minimum Gasteiger partial charge on any atom is -0.461 e. The molecule has 0 radical (unpaired) electrons. The van der Waals surface area contributed by atoms with Crippen LogP contribution in [0.15, 0.2) is 0 Å². The van der Waals surface area contributed by atoms with Crippen molar-refractivity contribution in [2.75, 3.05) is 39.3 Å². The molecule has 0 spiro atoms. The van der Waals surface area contributed by atoms with Crippen molar-refractivity contribution in [3.05, 3.63) is 22.5 Å². The van der Waals surface area contributed by atoms with Crippen LogP contribution in [0.2, 0.25) is 0 Å². The quantitative estimate of drug-likeness (QED) is 0.389.